The predicted octanol–water partition coefficient (Wildman–Crippen LogP) is 1.90. The van der Waals surface area contributed by atoms with Crippen LogP contribution in [0.1, 0.15) is 37.8 Å². The van der Waals surface area contributed by atoms with Crippen LogP contribution in [0.5, 0.6) is 0 Å². The maximum Gasteiger partial charge on any atom is 0.175 e. The van der Waals surface area contributed by atoms with Crippen LogP contribution in [-0.4, -0.2) is 32.4 Å². The summed E-state index contributed by atoms with van der Waals surface area (Å²) in [4.78, 5) is 0.350. The number of benzene rings is 1. The van der Waals surface area contributed by atoms with Gasteiger partial charge in [-0.05, 0) is 43.4 Å². The van der Waals surface area contributed by atoms with E-state index in [-0.39, 0.29) is 12.6 Å². The monoisotopic (exact) mass is 297 g/mol. The minimum atomic E-state index is -3.13. The molecule has 1 aliphatic carbocycles. The van der Waals surface area contributed by atoms with Crippen LogP contribution in [0.2, 0.25) is 0 Å². The summed E-state index contributed by atoms with van der Waals surface area (Å²) in [5.74, 6) is 0.341. The van der Waals surface area contributed by atoms with Crippen molar-refractivity contribution in [3.63, 3.8) is 0 Å². The van der Waals surface area contributed by atoms with Gasteiger partial charge in [-0.25, -0.2) is 8.42 Å². The highest BCUT2D eigenvalue weighted by Gasteiger charge is 2.27. The summed E-state index contributed by atoms with van der Waals surface area (Å²) in [6, 6.07) is 7.53. The Morgan fingerprint density at radius 3 is 2.50 bits per heavy atom. The number of rotatable bonds is 5. The van der Waals surface area contributed by atoms with Gasteiger partial charge in [-0.3, -0.25) is 0 Å². The van der Waals surface area contributed by atoms with Crippen molar-refractivity contribution in [3.05, 3.63) is 29.8 Å². The topological polar surface area (TPSA) is 66.4 Å². The van der Waals surface area contributed by atoms with Crippen molar-refractivity contribution in [2.75, 3.05) is 12.9 Å². The van der Waals surface area contributed by atoms with Gasteiger partial charge in [-0.15, -0.1) is 0 Å². The van der Waals surface area contributed by atoms with Crippen molar-refractivity contribution in [2.24, 2.45) is 5.92 Å². The van der Waals surface area contributed by atoms with E-state index >= 15 is 0 Å². The van der Waals surface area contributed by atoms with Crippen LogP contribution in [0, 0.1) is 5.92 Å². The molecule has 20 heavy (non-hydrogen) atoms. The van der Waals surface area contributed by atoms with Gasteiger partial charge in [-0.2, -0.15) is 0 Å². The van der Waals surface area contributed by atoms with E-state index in [4.69, 9.17) is 0 Å². The van der Waals surface area contributed by atoms with Crippen molar-refractivity contribution in [1.82, 2.24) is 5.32 Å². The van der Waals surface area contributed by atoms with Gasteiger partial charge in [0.1, 0.15) is 0 Å². The molecule has 112 valence electrons. The number of aliphatic hydroxyl groups is 1. The number of hydrogen-bond acceptors (Lipinski definition) is 4. The molecular formula is C15H23NO3S. The Kier molecular flexibility index (Phi) is 4.83. The Hall–Kier alpha value is -0.910. The van der Waals surface area contributed by atoms with E-state index in [9.17, 15) is 13.5 Å². The van der Waals surface area contributed by atoms with Crippen LogP contribution in [-0.2, 0) is 9.84 Å². The van der Waals surface area contributed by atoms with E-state index < -0.39 is 9.84 Å². The van der Waals surface area contributed by atoms with Crippen molar-refractivity contribution in [3.8, 4) is 0 Å². The molecule has 0 bridgehead atoms. The summed E-state index contributed by atoms with van der Waals surface area (Å²) in [5.41, 5.74) is 1.07. The molecule has 1 fully saturated rings. The summed E-state index contributed by atoms with van der Waals surface area (Å²) < 4.78 is 22.9. The maximum atomic E-state index is 11.4. The molecule has 0 amide bonds. The smallest absolute Gasteiger partial charge is 0.175 e. The fourth-order valence-corrected chi connectivity index (χ4v) is 3.53. The fraction of sp³-hybridized carbons (Fsp3) is 0.600. The largest absolute Gasteiger partial charge is 0.396 e. The molecule has 0 saturated heterocycles. The molecule has 0 aliphatic heterocycles. The third-order valence-electron chi connectivity index (χ3n) is 4.17. The Bertz CT molecular complexity index is 539. The van der Waals surface area contributed by atoms with Crippen molar-refractivity contribution in [2.45, 2.75) is 43.2 Å². The van der Waals surface area contributed by atoms with Gasteiger partial charge in [0.25, 0.3) is 0 Å². The highest BCUT2D eigenvalue weighted by atomic mass is 32.2. The molecular weight excluding hydrogens is 274 g/mol. The van der Waals surface area contributed by atoms with Crippen molar-refractivity contribution < 1.29 is 13.5 Å². The maximum absolute atomic E-state index is 11.4. The van der Waals surface area contributed by atoms with Crippen LogP contribution in [0.3, 0.4) is 0 Å². The SMILES string of the molecule is CC(NC1CCCC1CO)c1ccc(S(C)(=O)=O)cc1. The van der Waals surface area contributed by atoms with E-state index in [0.29, 0.717) is 16.9 Å². The van der Waals surface area contributed by atoms with Crippen LogP contribution < -0.4 is 5.32 Å². The third kappa shape index (κ3) is 3.59. The molecule has 1 aromatic carbocycles. The molecule has 5 heteroatoms. The van der Waals surface area contributed by atoms with E-state index in [1.165, 1.54) is 6.26 Å². The van der Waals surface area contributed by atoms with Crippen molar-refractivity contribution >= 4 is 9.84 Å². The second kappa shape index (κ2) is 6.24. The first-order valence-corrected chi connectivity index (χ1v) is 8.98. The number of aliphatic hydroxyl groups excluding tert-OH is 1. The van der Waals surface area contributed by atoms with Gasteiger partial charge in [-0.1, -0.05) is 18.6 Å². The van der Waals surface area contributed by atoms with E-state index in [2.05, 4.69) is 12.2 Å². The van der Waals surface area contributed by atoms with Gasteiger partial charge in [0, 0.05) is 24.9 Å². The third-order valence-corrected chi connectivity index (χ3v) is 5.29. The molecule has 1 aromatic rings. The molecule has 3 atom stereocenters. The van der Waals surface area contributed by atoms with E-state index in [1.807, 2.05) is 12.1 Å². The summed E-state index contributed by atoms with van der Waals surface area (Å²) >= 11 is 0. The summed E-state index contributed by atoms with van der Waals surface area (Å²) in [5, 5.41) is 12.9. The predicted molar refractivity (Wildman–Crippen MR) is 79.3 cm³/mol. The van der Waals surface area contributed by atoms with Gasteiger partial charge < -0.3 is 10.4 Å². The Morgan fingerprint density at radius 2 is 1.95 bits per heavy atom. The lowest BCUT2D eigenvalue weighted by Gasteiger charge is -2.24. The molecule has 1 aliphatic rings. The standard InChI is InChI=1S/C15H23NO3S/c1-11(16-15-5-3-4-13(15)10-17)12-6-8-14(9-7-12)20(2,18)19/h6-9,11,13,15-17H,3-5,10H2,1-2H3. The molecule has 2 N–H and O–H groups in total. The minimum absolute atomic E-state index is 0.153. The van der Waals surface area contributed by atoms with E-state index in [0.717, 1.165) is 24.8 Å². The first kappa shape index (κ1) is 15.5. The average molecular weight is 297 g/mol. The molecule has 2 rings (SSSR count). The zero-order chi connectivity index (χ0) is 14.8. The molecule has 0 radical (unpaired) electrons. The first-order valence-electron chi connectivity index (χ1n) is 7.08. The average Bonchev–Trinajstić information content (AvgIpc) is 2.85. The second-order valence-corrected chi connectivity index (χ2v) is 7.73. The van der Waals surface area contributed by atoms with Gasteiger partial charge in [0.2, 0.25) is 0 Å². The normalized spacial score (nSPS) is 24.8. The molecule has 4 nitrogen and oxygen atoms in total. The Balaban J connectivity index is 2.04. The lowest BCUT2D eigenvalue weighted by Crippen LogP contribution is -2.35. The minimum Gasteiger partial charge on any atom is -0.396 e. The molecule has 0 spiro atoms. The number of hydrogen-bond donors (Lipinski definition) is 2. The molecule has 3 unspecified atom stereocenters. The lowest BCUT2D eigenvalue weighted by molar-refractivity contribution is 0.200. The zero-order valence-corrected chi connectivity index (χ0v) is 12.9. The molecule has 0 aromatic heterocycles. The highest BCUT2D eigenvalue weighted by Crippen LogP contribution is 2.27. The van der Waals surface area contributed by atoms with Gasteiger partial charge in [0.05, 0.1) is 4.90 Å². The second-order valence-electron chi connectivity index (χ2n) is 5.71. The van der Waals surface area contributed by atoms with Gasteiger partial charge >= 0.3 is 0 Å². The summed E-state index contributed by atoms with van der Waals surface area (Å²) in [6.45, 7) is 2.31. The fourth-order valence-electron chi connectivity index (χ4n) is 2.90. The zero-order valence-electron chi connectivity index (χ0n) is 12.0. The highest BCUT2D eigenvalue weighted by molar-refractivity contribution is 7.90. The summed E-state index contributed by atoms with van der Waals surface area (Å²) in [7, 11) is -3.13. The lowest BCUT2D eigenvalue weighted by atomic mass is 10.0. The van der Waals surface area contributed by atoms with Crippen molar-refractivity contribution in [1.29, 1.82) is 0 Å². The van der Waals surface area contributed by atoms with E-state index in [1.54, 1.807) is 12.1 Å². The number of nitrogens with one attached hydrogen (secondary N) is 1. The molecule has 0 heterocycles. The van der Waals surface area contributed by atoms with Crippen LogP contribution in [0.25, 0.3) is 0 Å². The van der Waals surface area contributed by atoms with Gasteiger partial charge in [0.15, 0.2) is 9.84 Å². The number of sulfone groups is 1. The summed E-state index contributed by atoms with van der Waals surface area (Å²) in [6.07, 6.45) is 4.54. The molecule has 1 saturated carbocycles. The Morgan fingerprint density at radius 1 is 1.30 bits per heavy atom. The van der Waals surface area contributed by atoms with Crippen LogP contribution in [0.15, 0.2) is 29.2 Å². The van der Waals surface area contributed by atoms with Crippen LogP contribution in [0.4, 0.5) is 0 Å². The Labute approximate surface area is 121 Å². The van der Waals surface area contributed by atoms with Crippen LogP contribution >= 0.6 is 0 Å². The first-order chi connectivity index (χ1) is 9.41. The quantitative estimate of drug-likeness (QED) is 0.871.